The Labute approximate surface area is 141 Å². The smallest absolute Gasteiger partial charge is 0.175 e. The monoisotopic (exact) mass is 342 g/mol. The summed E-state index contributed by atoms with van der Waals surface area (Å²) >= 11 is 0. The van der Waals surface area contributed by atoms with Gasteiger partial charge in [0.15, 0.2) is 9.84 Å². The summed E-state index contributed by atoms with van der Waals surface area (Å²) in [5, 5.41) is 7.22. The lowest BCUT2D eigenvalue weighted by molar-refractivity contribution is 0.393. The molecule has 1 aromatic heterocycles. The van der Waals surface area contributed by atoms with E-state index in [2.05, 4.69) is 10.5 Å². The summed E-state index contributed by atoms with van der Waals surface area (Å²) in [5.41, 5.74) is 4.66. The fraction of sp³-hybridized carbons (Fsp3) is 0.167. The normalized spacial score (nSPS) is 11.5. The zero-order chi connectivity index (χ0) is 17.3. The third-order valence-corrected chi connectivity index (χ3v) is 4.91. The molecule has 24 heavy (non-hydrogen) atoms. The second-order valence-electron chi connectivity index (χ2n) is 5.70. The van der Waals surface area contributed by atoms with Crippen LogP contribution < -0.4 is 5.32 Å². The highest BCUT2D eigenvalue weighted by Crippen LogP contribution is 2.28. The number of hydrogen-bond acceptors (Lipinski definition) is 5. The molecule has 0 radical (unpaired) electrons. The van der Waals surface area contributed by atoms with Crippen molar-refractivity contribution in [2.24, 2.45) is 0 Å². The summed E-state index contributed by atoms with van der Waals surface area (Å²) in [6.07, 6.45) is 1.20. The van der Waals surface area contributed by atoms with Crippen molar-refractivity contribution in [3.05, 3.63) is 60.0 Å². The first-order valence-corrected chi connectivity index (χ1v) is 9.34. The standard InChI is InChI=1S/C18H18N2O3S/c1-12-18(13(2)23-20-12)14-4-6-15(7-5-14)19-16-8-10-17(11-9-16)24(3,21)22/h4-11,19H,1-3H3. The van der Waals surface area contributed by atoms with Gasteiger partial charge < -0.3 is 9.84 Å². The molecule has 1 heterocycles. The van der Waals surface area contributed by atoms with Crippen LogP contribution in [0.15, 0.2) is 57.9 Å². The summed E-state index contributed by atoms with van der Waals surface area (Å²) in [5.74, 6) is 0.796. The zero-order valence-electron chi connectivity index (χ0n) is 13.7. The van der Waals surface area contributed by atoms with Crippen LogP contribution in [0.1, 0.15) is 11.5 Å². The molecule has 0 spiro atoms. The molecule has 0 saturated carbocycles. The number of aryl methyl sites for hydroxylation is 2. The first-order valence-electron chi connectivity index (χ1n) is 7.45. The van der Waals surface area contributed by atoms with E-state index in [0.29, 0.717) is 4.90 Å². The fourth-order valence-corrected chi connectivity index (χ4v) is 3.20. The minimum Gasteiger partial charge on any atom is -0.361 e. The first-order chi connectivity index (χ1) is 11.3. The average Bonchev–Trinajstić information content (AvgIpc) is 2.87. The molecule has 0 aliphatic carbocycles. The van der Waals surface area contributed by atoms with Crippen LogP contribution in [-0.4, -0.2) is 19.8 Å². The van der Waals surface area contributed by atoms with Gasteiger partial charge in [0.25, 0.3) is 0 Å². The largest absolute Gasteiger partial charge is 0.361 e. The van der Waals surface area contributed by atoms with Gasteiger partial charge in [0.05, 0.1) is 10.6 Å². The van der Waals surface area contributed by atoms with E-state index in [1.54, 1.807) is 24.3 Å². The molecule has 0 aliphatic heterocycles. The van der Waals surface area contributed by atoms with E-state index in [1.807, 2.05) is 38.1 Å². The topological polar surface area (TPSA) is 72.2 Å². The van der Waals surface area contributed by atoms with Gasteiger partial charge >= 0.3 is 0 Å². The van der Waals surface area contributed by atoms with Crippen LogP contribution in [0.25, 0.3) is 11.1 Å². The zero-order valence-corrected chi connectivity index (χ0v) is 14.5. The summed E-state index contributed by atoms with van der Waals surface area (Å²) in [4.78, 5) is 0.307. The number of nitrogens with zero attached hydrogens (tertiary/aromatic N) is 1. The lowest BCUT2D eigenvalue weighted by Gasteiger charge is -2.08. The Balaban J connectivity index is 1.80. The molecule has 3 aromatic rings. The molecule has 0 saturated heterocycles. The molecule has 0 unspecified atom stereocenters. The highest BCUT2D eigenvalue weighted by atomic mass is 32.2. The van der Waals surface area contributed by atoms with Crippen LogP contribution in [0.2, 0.25) is 0 Å². The highest BCUT2D eigenvalue weighted by Gasteiger charge is 2.11. The summed E-state index contributed by atoms with van der Waals surface area (Å²) in [6.45, 7) is 3.81. The number of benzene rings is 2. The molecule has 0 aliphatic rings. The van der Waals surface area contributed by atoms with Crippen LogP contribution in [0.4, 0.5) is 11.4 Å². The third-order valence-electron chi connectivity index (χ3n) is 3.78. The Morgan fingerprint density at radius 1 is 0.917 bits per heavy atom. The number of aromatic nitrogens is 1. The number of rotatable bonds is 4. The fourth-order valence-electron chi connectivity index (χ4n) is 2.57. The van der Waals surface area contributed by atoms with Crippen molar-refractivity contribution < 1.29 is 12.9 Å². The van der Waals surface area contributed by atoms with Crippen molar-refractivity contribution in [2.75, 3.05) is 11.6 Å². The maximum Gasteiger partial charge on any atom is 0.175 e. The average molecular weight is 342 g/mol. The number of sulfone groups is 1. The van der Waals surface area contributed by atoms with Gasteiger partial charge in [0, 0.05) is 23.2 Å². The third kappa shape index (κ3) is 3.33. The van der Waals surface area contributed by atoms with E-state index in [0.717, 1.165) is 34.0 Å². The molecule has 0 atom stereocenters. The molecule has 0 fully saturated rings. The van der Waals surface area contributed by atoms with E-state index < -0.39 is 9.84 Å². The van der Waals surface area contributed by atoms with Gasteiger partial charge in [0.2, 0.25) is 0 Å². The van der Waals surface area contributed by atoms with Crippen molar-refractivity contribution in [3.63, 3.8) is 0 Å². The highest BCUT2D eigenvalue weighted by molar-refractivity contribution is 7.90. The minimum atomic E-state index is -3.17. The maximum atomic E-state index is 11.5. The van der Waals surface area contributed by atoms with Crippen molar-refractivity contribution >= 4 is 21.2 Å². The molecule has 124 valence electrons. The molecule has 3 rings (SSSR count). The second kappa shape index (κ2) is 6.13. The molecule has 6 heteroatoms. The Morgan fingerprint density at radius 3 is 1.92 bits per heavy atom. The van der Waals surface area contributed by atoms with Crippen molar-refractivity contribution in [3.8, 4) is 11.1 Å². The molecule has 0 amide bonds. The molecule has 5 nitrogen and oxygen atoms in total. The molecular weight excluding hydrogens is 324 g/mol. The Hall–Kier alpha value is -2.60. The quantitative estimate of drug-likeness (QED) is 0.772. The summed E-state index contributed by atoms with van der Waals surface area (Å²) in [6, 6.07) is 14.6. The Morgan fingerprint density at radius 2 is 1.46 bits per heavy atom. The number of anilines is 2. The van der Waals surface area contributed by atoms with Gasteiger partial charge in [-0.3, -0.25) is 0 Å². The van der Waals surface area contributed by atoms with Crippen LogP contribution in [0.5, 0.6) is 0 Å². The summed E-state index contributed by atoms with van der Waals surface area (Å²) in [7, 11) is -3.17. The number of hydrogen-bond donors (Lipinski definition) is 1. The molecular formula is C18H18N2O3S. The van der Waals surface area contributed by atoms with Gasteiger partial charge in [-0.2, -0.15) is 0 Å². The van der Waals surface area contributed by atoms with Gasteiger partial charge in [-0.15, -0.1) is 0 Å². The van der Waals surface area contributed by atoms with Gasteiger partial charge in [0.1, 0.15) is 5.76 Å². The van der Waals surface area contributed by atoms with Crippen molar-refractivity contribution in [2.45, 2.75) is 18.7 Å². The lowest BCUT2D eigenvalue weighted by Crippen LogP contribution is -1.97. The Bertz CT molecular complexity index is 937. The predicted octanol–water partition coefficient (Wildman–Crippen LogP) is 4.11. The van der Waals surface area contributed by atoms with Gasteiger partial charge in [-0.25, -0.2) is 8.42 Å². The molecule has 0 bridgehead atoms. The van der Waals surface area contributed by atoms with Crippen molar-refractivity contribution in [1.82, 2.24) is 5.16 Å². The summed E-state index contributed by atoms with van der Waals surface area (Å²) < 4.78 is 28.1. The van der Waals surface area contributed by atoms with Crippen LogP contribution in [0.3, 0.4) is 0 Å². The van der Waals surface area contributed by atoms with E-state index in [4.69, 9.17) is 4.52 Å². The number of nitrogens with one attached hydrogen (secondary N) is 1. The van der Waals surface area contributed by atoms with Crippen molar-refractivity contribution in [1.29, 1.82) is 0 Å². The van der Waals surface area contributed by atoms with E-state index in [-0.39, 0.29) is 0 Å². The Kier molecular flexibility index (Phi) is 4.15. The SMILES string of the molecule is Cc1noc(C)c1-c1ccc(Nc2ccc(S(C)(=O)=O)cc2)cc1. The molecule has 1 N–H and O–H groups in total. The predicted molar refractivity (Wildman–Crippen MR) is 94.2 cm³/mol. The van der Waals surface area contributed by atoms with Crippen LogP contribution in [0, 0.1) is 13.8 Å². The van der Waals surface area contributed by atoms with Gasteiger partial charge in [-0.1, -0.05) is 17.3 Å². The second-order valence-corrected chi connectivity index (χ2v) is 7.71. The first kappa shape index (κ1) is 16.3. The lowest BCUT2D eigenvalue weighted by atomic mass is 10.0. The van der Waals surface area contributed by atoms with Crippen LogP contribution >= 0.6 is 0 Å². The van der Waals surface area contributed by atoms with E-state index >= 15 is 0 Å². The maximum absolute atomic E-state index is 11.5. The van der Waals surface area contributed by atoms with E-state index in [1.165, 1.54) is 6.26 Å². The van der Waals surface area contributed by atoms with Crippen LogP contribution in [-0.2, 0) is 9.84 Å². The minimum absolute atomic E-state index is 0.307. The molecule has 2 aromatic carbocycles. The van der Waals surface area contributed by atoms with E-state index in [9.17, 15) is 8.42 Å². The van der Waals surface area contributed by atoms with Gasteiger partial charge in [-0.05, 0) is 55.8 Å².